The minimum absolute atomic E-state index is 0.0727. The van der Waals surface area contributed by atoms with E-state index < -0.39 is 0 Å². The summed E-state index contributed by atoms with van der Waals surface area (Å²) in [6, 6.07) is 17.3. The molecular weight excluding hydrogens is 524 g/mol. The molecule has 0 aliphatic heterocycles. The number of carbonyl (C=O) groups is 1. The average molecular weight is 553 g/mol. The van der Waals surface area contributed by atoms with Gasteiger partial charge >= 0.3 is 5.69 Å². The molecule has 4 aromatic heterocycles. The number of fused-ring (bicyclic) bond motifs is 1. The highest BCUT2D eigenvalue weighted by molar-refractivity contribution is 6.30. The highest BCUT2D eigenvalue weighted by atomic mass is 35.5. The average Bonchev–Trinajstić information content (AvgIpc) is 3.26. The molecule has 1 amide bonds. The Morgan fingerprint density at radius 2 is 1.77 bits per heavy atom. The molecule has 0 unspecified atom stereocenters. The predicted molar refractivity (Wildman–Crippen MR) is 156 cm³/mol. The van der Waals surface area contributed by atoms with E-state index in [2.05, 4.69) is 20.3 Å². The van der Waals surface area contributed by atoms with Gasteiger partial charge in [0.1, 0.15) is 0 Å². The Bertz CT molecular complexity index is 1720. The summed E-state index contributed by atoms with van der Waals surface area (Å²) < 4.78 is 3.62. The third kappa shape index (κ3) is 5.14. The summed E-state index contributed by atoms with van der Waals surface area (Å²) in [6.07, 6.45) is 10.4. The number of halogens is 1. The molecule has 0 spiro atoms. The van der Waals surface area contributed by atoms with Crippen molar-refractivity contribution < 1.29 is 4.79 Å². The van der Waals surface area contributed by atoms with E-state index in [0.29, 0.717) is 28.7 Å². The van der Waals surface area contributed by atoms with Gasteiger partial charge in [0.25, 0.3) is 5.91 Å². The molecule has 1 aliphatic carbocycles. The van der Waals surface area contributed by atoms with Crippen LogP contribution in [0.5, 0.6) is 0 Å². The van der Waals surface area contributed by atoms with Gasteiger partial charge < -0.3 is 5.32 Å². The second-order valence-corrected chi connectivity index (χ2v) is 10.8. The number of hydrogen-bond acceptors (Lipinski definition) is 5. The maximum Gasteiger partial charge on any atom is 0.333 e. The molecule has 0 saturated heterocycles. The van der Waals surface area contributed by atoms with Crippen molar-refractivity contribution in [1.82, 2.24) is 29.4 Å². The summed E-state index contributed by atoms with van der Waals surface area (Å²) in [7, 11) is 0. The number of pyridine rings is 3. The quantitative estimate of drug-likeness (QED) is 0.296. The van der Waals surface area contributed by atoms with Crippen molar-refractivity contribution in [2.75, 3.05) is 0 Å². The van der Waals surface area contributed by atoms with Gasteiger partial charge in [0.2, 0.25) is 0 Å². The predicted octanol–water partition coefficient (Wildman–Crippen LogP) is 5.59. The molecular formula is C31H29ClN6O2. The van der Waals surface area contributed by atoms with Crippen molar-refractivity contribution in [3.8, 4) is 16.9 Å². The normalized spacial score (nSPS) is 17.1. The fourth-order valence-corrected chi connectivity index (χ4v) is 5.74. The molecule has 8 nitrogen and oxygen atoms in total. The van der Waals surface area contributed by atoms with E-state index in [1.54, 1.807) is 35.4 Å². The first-order valence-corrected chi connectivity index (χ1v) is 13.9. The van der Waals surface area contributed by atoms with Crippen LogP contribution in [0.4, 0.5) is 0 Å². The Kier molecular flexibility index (Phi) is 7.17. The van der Waals surface area contributed by atoms with Gasteiger partial charge in [-0.05, 0) is 81.0 Å². The van der Waals surface area contributed by atoms with Gasteiger partial charge in [-0.3, -0.25) is 28.9 Å². The number of hydrogen-bond donors (Lipinski definition) is 1. The van der Waals surface area contributed by atoms with E-state index >= 15 is 0 Å². The molecule has 1 N–H and O–H groups in total. The zero-order chi connectivity index (χ0) is 27.6. The number of nitrogens with zero attached hydrogens (tertiary/aromatic N) is 5. The lowest BCUT2D eigenvalue weighted by Crippen LogP contribution is -2.39. The van der Waals surface area contributed by atoms with E-state index in [1.165, 1.54) is 0 Å². The number of carbonyl (C=O) groups excluding carboxylic acids is 1. The summed E-state index contributed by atoms with van der Waals surface area (Å²) in [5, 5.41) is 3.60. The van der Waals surface area contributed by atoms with Gasteiger partial charge in [0.15, 0.2) is 0 Å². The zero-order valence-electron chi connectivity index (χ0n) is 22.1. The smallest absolute Gasteiger partial charge is 0.333 e. The lowest BCUT2D eigenvalue weighted by Gasteiger charge is -2.29. The van der Waals surface area contributed by atoms with Gasteiger partial charge in [-0.15, -0.1) is 0 Å². The minimum atomic E-state index is -0.140. The van der Waals surface area contributed by atoms with Crippen LogP contribution in [-0.2, 0) is 6.54 Å². The Balaban J connectivity index is 1.18. The maximum absolute atomic E-state index is 13.8. The molecule has 5 aromatic rings. The van der Waals surface area contributed by atoms with Crippen molar-refractivity contribution in [2.24, 2.45) is 5.92 Å². The summed E-state index contributed by atoms with van der Waals surface area (Å²) in [6.45, 7) is 2.44. The van der Waals surface area contributed by atoms with E-state index in [-0.39, 0.29) is 17.6 Å². The maximum atomic E-state index is 13.8. The standard InChI is InChI=1S/C31H29ClN6O2/c1-20-26(15-23(32)17-34-20)30(39)36-24-10-8-21(9-11-24)19-37-28-6-2-3-7-29(28)38(31(37)40)25-12-13-27(35-18-25)22-5-4-14-33-16-22/h2-7,12-18,21,24H,8-11,19H2,1H3,(H,36,39)/t21-,24-. The summed E-state index contributed by atoms with van der Waals surface area (Å²) in [5.41, 5.74) is 5.32. The van der Waals surface area contributed by atoms with Crippen LogP contribution in [0.1, 0.15) is 41.7 Å². The number of aromatic nitrogens is 5. The molecule has 1 saturated carbocycles. The van der Waals surface area contributed by atoms with Crippen LogP contribution in [0.3, 0.4) is 0 Å². The minimum Gasteiger partial charge on any atom is -0.349 e. The Hall–Kier alpha value is -4.30. The monoisotopic (exact) mass is 552 g/mol. The molecule has 40 heavy (non-hydrogen) atoms. The molecule has 0 atom stereocenters. The highest BCUT2D eigenvalue weighted by Crippen LogP contribution is 2.28. The van der Waals surface area contributed by atoms with Gasteiger partial charge in [-0.25, -0.2) is 4.79 Å². The number of rotatable bonds is 6. The summed E-state index contributed by atoms with van der Waals surface area (Å²) in [4.78, 5) is 39.5. The first-order valence-electron chi connectivity index (χ1n) is 13.5. The number of nitrogens with one attached hydrogen (secondary N) is 1. The highest BCUT2D eigenvalue weighted by Gasteiger charge is 2.25. The number of para-hydroxylation sites is 2. The second-order valence-electron chi connectivity index (χ2n) is 10.3. The van der Waals surface area contributed by atoms with Crippen LogP contribution < -0.4 is 11.0 Å². The largest absolute Gasteiger partial charge is 0.349 e. The molecule has 0 radical (unpaired) electrons. The lowest BCUT2D eigenvalue weighted by molar-refractivity contribution is 0.0919. The Labute approximate surface area is 236 Å². The zero-order valence-corrected chi connectivity index (χ0v) is 22.9. The lowest BCUT2D eigenvalue weighted by atomic mass is 9.85. The third-order valence-electron chi connectivity index (χ3n) is 7.72. The van der Waals surface area contributed by atoms with E-state index in [4.69, 9.17) is 11.6 Å². The summed E-state index contributed by atoms with van der Waals surface area (Å²) >= 11 is 6.05. The number of amides is 1. The van der Waals surface area contributed by atoms with Crippen LogP contribution in [0.2, 0.25) is 5.02 Å². The van der Waals surface area contributed by atoms with Crippen LogP contribution in [-0.4, -0.2) is 36.0 Å². The van der Waals surface area contributed by atoms with Crippen molar-refractivity contribution in [3.05, 3.63) is 106 Å². The van der Waals surface area contributed by atoms with E-state index in [0.717, 1.165) is 53.7 Å². The van der Waals surface area contributed by atoms with Crippen molar-refractivity contribution in [3.63, 3.8) is 0 Å². The molecule has 202 valence electrons. The Morgan fingerprint density at radius 3 is 2.50 bits per heavy atom. The van der Waals surface area contributed by atoms with Crippen molar-refractivity contribution in [1.29, 1.82) is 0 Å². The molecule has 0 bridgehead atoms. The number of aryl methyl sites for hydroxylation is 1. The fourth-order valence-electron chi connectivity index (χ4n) is 5.59. The topological polar surface area (TPSA) is 94.7 Å². The van der Waals surface area contributed by atoms with Crippen molar-refractivity contribution >= 4 is 28.5 Å². The summed E-state index contributed by atoms with van der Waals surface area (Å²) in [5.74, 6) is 0.198. The number of benzene rings is 1. The van der Waals surface area contributed by atoms with Gasteiger partial charge in [-0.2, -0.15) is 0 Å². The fraction of sp³-hybridized carbons (Fsp3) is 0.258. The molecule has 1 aliphatic rings. The van der Waals surface area contributed by atoms with Gasteiger partial charge in [-0.1, -0.05) is 23.7 Å². The first-order chi connectivity index (χ1) is 19.5. The molecule has 4 heterocycles. The SMILES string of the molecule is Cc1ncc(Cl)cc1C(=O)N[C@H]1CC[C@H](Cn2c(=O)n(-c3ccc(-c4cccnc4)nc3)c3ccccc32)CC1. The van der Waals surface area contributed by atoms with Crippen LogP contribution in [0, 0.1) is 12.8 Å². The van der Waals surface area contributed by atoms with Crippen LogP contribution in [0.25, 0.3) is 28.0 Å². The van der Waals surface area contributed by atoms with E-state index in [9.17, 15) is 9.59 Å². The first kappa shape index (κ1) is 26.0. The van der Waals surface area contributed by atoms with Gasteiger partial charge in [0, 0.05) is 36.7 Å². The van der Waals surface area contributed by atoms with E-state index in [1.807, 2.05) is 60.0 Å². The second kappa shape index (κ2) is 11.1. The molecule has 1 aromatic carbocycles. The van der Waals surface area contributed by atoms with Gasteiger partial charge in [0.05, 0.1) is 44.9 Å². The molecule has 1 fully saturated rings. The molecule has 6 rings (SSSR count). The van der Waals surface area contributed by atoms with Crippen molar-refractivity contribution in [2.45, 2.75) is 45.2 Å². The van der Waals surface area contributed by atoms with Crippen LogP contribution in [0.15, 0.2) is 84.2 Å². The number of imidazole rings is 1. The van der Waals surface area contributed by atoms with Crippen LogP contribution >= 0.6 is 11.6 Å². The third-order valence-corrected chi connectivity index (χ3v) is 7.93. The molecule has 9 heteroatoms. The Morgan fingerprint density at radius 1 is 0.975 bits per heavy atom.